The number of aromatic amines is 1. The summed E-state index contributed by atoms with van der Waals surface area (Å²) in [6.07, 6.45) is 1.79. The standard InChI is InChI=1S/C21H28N4O3/c1-5-10-25(3)28-11-6-9-22-21(26)19-13-17-16-8-7-15(27-4)12-18(16)24-20(17)14(2)23-19/h7-8,12-13,24H,5-6,9-11H2,1-4H3,(H,22,26). The van der Waals surface area contributed by atoms with Crippen molar-refractivity contribution in [3.63, 3.8) is 0 Å². The van der Waals surface area contributed by atoms with Crippen molar-refractivity contribution < 1.29 is 14.4 Å². The molecule has 1 aromatic carbocycles. The molecular weight excluding hydrogens is 356 g/mol. The molecule has 3 aromatic rings. The smallest absolute Gasteiger partial charge is 0.269 e. The maximum atomic E-state index is 12.5. The van der Waals surface area contributed by atoms with Crippen LogP contribution in [0.3, 0.4) is 0 Å². The molecule has 7 nitrogen and oxygen atoms in total. The maximum Gasteiger partial charge on any atom is 0.269 e. The van der Waals surface area contributed by atoms with Crippen molar-refractivity contribution in [2.75, 3.05) is 33.9 Å². The summed E-state index contributed by atoms with van der Waals surface area (Å²) in [5, 5.41) is 6.78. The zero-order chi connectivity index (χ0) is 20.1. The van der Waals surface area contributed by atoms with Gasteiger partial charge in [-0.2, -0.15) is 5.06 Å². The molecule has 0 aliphatic heterocycles. The Kier molecular flexibility index (Phi) is 6.49. The van der Waals surface area contributed by atoms with E-state index in [-0.39, 0.29) is 5.91 Å². The minimum absolute atomic E-state index is 0.172. The summed E-state index contributed by atoms with van der Waals surface area (Å²) < 4.78 is 5.29. The lowest BCUT2D eigenvalue weighted by atomic mass is 10.1. The number of carbonyl (C=O) groups is 1. The van der Waals surface area contributed by atoms with Crippen LogP contribution in [0.2, 0.25) is 0 Å². The summed E-state index contributed by atoms with van der Waals surface area (Å²) >= 11 is 0. The Morgan fingerprint density at radius 2 is 2.11 bits per heavy atom. The number of benzene rings is 1. The van der Waals surface area contributed by atoms with Crippen LogP contribution < -0.4 is 10.1 Å². The molecule has 2 heterocycles. The number of nitrogens with one attached hydrogen (secondary N) is 2. The van der Waals surface area contributed by atoms with E-state index in [2.05, 4.69) is 22.2 Å². The molecule has 0 spiro atoms. The van der Waals surface area contributed by atoms with Crippen molar-refractivity contribution in [3.05, 3.63) is 35.7 Å². The van der Waals surface area contributed by atoms with Gasteiger partial charge in [0.05, 0.1) is 30.4 Å². The van der Waals surface area contributed by atoms with E-state index in [1.807, 2.05) is 43.3 Å². The molecule has 0 saturated heterocycles. The number of pyridine rings is 1. The van der Waals surface area contributed by atoms with Crippen molar-refractivity contribution >= 4 is 27.7 Å². The van der Waals surface area contributed by atoms with E-state index < -0.39 is 0 Å². The molecule has 0 aliphatic rings. The van der Waals surface area contributed by atoms with Gasteiger partial charge in [0.2, 0.25) is 0 Å². The number of carbonyl (C=O) groups excluding carboxylic acids is 1. The highest BCUT2D eigenvalue weighted by atomic mass is 16.7. The van der Waals surface area contributed by atoms with Crippen molar-refractivity contribution in [3.8, 4) is 5.75 Å². The van der Waals surface area contributed by atoms with Gasteiger partial charge in [-0.05, 0) is 38.0 Å². The fourth-order valence-corrected chi connectivity index (χ4v) is 3.25. The first-order chi connectivity index (χ1) is 13.5. The quantitative estimate of drug-likeness (QED) is 0.436. The Hall–Kier alpha value is -2.64. The fraction of sp³-hybridized carbons (Fsp3) is 0.429. The number of fused-ring (bicyclic) bond motifs is 3. The van der Waals surface area contributed by atoms with E-state index in [1.54, 1.807) is 7.11 Å². The van der Waals surface area contributed by atoms with Gasteiger partial charge in [0.25, 0.3) is 5.91 Å². The van der Waals surface area contributed by atoms with Crippen LogP contribution in [-0.2, 0) is 4.84 Å². The zero-order valence-corrected chi connectivity index (χ0v) is 17.0. The minimum atomic E-state index is -0.172. The molecule has 28 heavy (non-hydrogen) atoms. The number of hydrogen-bond donors (Lipinski definition) is 2. The topological polar surface area (TPSA) is 79.5 Å². The summed E-state index contributed by atoms with van der Waals surface area (Å²) in [5.74, 6) is 0.615. The molecule has 150 valence electrons. The van der Waals surface area contributed by atoms with Crippen LogP contribution in [0, 0.1) is 6.92 Å². The lowest BCUT2D eigenvalue weighted by Crippen LogP contribution is -2.27. The zero-order valence-electron chi connectivity index (χ0n) is 17.0. The molecule has 0 aliphatic carbocycles. The minimum Gasteiger partial charge on any atom is -0.497 e. The maximum absolute atomic E-state index is 12.5. The van der Waals surface area contributed by atoms with Gasteiger partial charge in [0, 0.05) is 37.0 Å². The third-order valence-corrected chi connectivity index (χ3v) is 4.67. The second-order valence-electron chi connectivity index (χ2n) is 6.85. The van der Waals surface area contributed by atoms with Crippen LogP contribution >= 0.6 is 0 Å². The van der Waals surface area contributed by atoms with Gasteiger partial charge < -0.3 is 15.0 Å². The second kappa shape index (κ2) is 9.03. The Morgan fingerprint density at radius 3 is 2.86 bits per heavy atom. The molecule has 1 amide bonds. The summed E-state index contributed by atoms with van der Waals surface area (Å²) in [6, 6.07) is 7.71. The number of amides is 1. The fourth-order valence-electron chi connectivity index (χ4n) is 3.25. The molecule has 0 bridgehead atoms. The van der Waals surface area contributed by atoms with Crippen LogP contribution in [0.25, 0.3) is 21.8 Å². The highest BCUT2D eigenvalue weighted by Gasteiger charge is 2.14. The molecule has 0 fully saturated rings. The summed E-state index contributed by atoms with van der Waals surface area (Å²) in [4.78, 5) is 25.9. The summed E-state index contributed by atoms with van der Waals surface area (Å²) in [7, 11) is 3.56. The van der Waals surface area contributed by atoms with Gasteiger partial charge in [-0.1, -0.05) is 6.92 Å². The van der Waals surface area contributed by atoms with Gasteiger partial charge in [0.15, 0.2) is 0 Å². The second-order valence-corrected chi connectivity index (χ2v) is 6.85. The SMILES string of the molecule is CCCN(C)OCCCNC(=O)c1cc2c([nH]c3cc(OC)ccc32)c(C)n1. The number of hydrogen-bond acceptors (Lipinski definition) is 5. The number of ether oxygens (including phenoxy) is 1. The lowest BCUT2D eigenvalue weighted by molar-refractivity contribution is -0.139. The Labute approximate surface area is 165 Å². The molecule has 2 aromatic heterocycles. The van der Waals surface area contributed by atoms with Gasteiger partial charge in [0.1, 0.15) is 11.4 Å². The van der Waals surface area contributed by atoms with Gasteiger partial charge in [-0.3, -0.25) is 9.63 Å². The highest BCUT2D eigenvalue weighted by molar-refractivity contribution is 6.10. The summed E-state index contributed by atoms with van der Waals surface area (Å²) in [6.45, 7) is 6.03. The van der Waals surface area contributed by atoms with E-state index in [1.165, 1.54) is 0 Å². The number of methoxy groups -OCH3 is 1. The number of aryl methyl sites for hydroxylation is 1. The van der Waals surface area contributed by atoms with Crippen LogP contribution in [0.5, 0.6) is 5.75 Å². The molecule has 0 unspecified atom stereocenters. The third kappa shape index (κ3) is 4.43. The lowest BCUT2D eigenvalue weighted by Gasteiger charge is -2.15. The monoisotopic (exact) mass is 384 g/mol. The predicted octanol–water partition coefficient (Wildman–Crippen LogP) is 3.43. The molecule has 7 heteroatoms. The largest absolute Gasteiger partial charge is 0.497 e. The number of hydroxylamine groups is 2. The van der Waals surface area contributed by atoms with Crippen LogP contribution in [0.4, 0.5) is 0 Å². The van der Waals surface area contributed by atoms with E-state index in [9.17, 15) is 4.79 Å². The molecule has 2 N–H and O–H groups in total. The van der Waals surface area contributed by atoms with E-state index in [0.29, 0.717) is 18.8 Å². The highest BCUT2D eigenvalue weighted by Crippen LogP contribution is 2.30. The number of H-pyrrole nitrogens is 1. The van der Waals surface area contributed by atoms with Crippen molar-refractivity contribution in [2.24, 2.45) is 0 Å². The molecular formula is C21H28N4O3. The summed E-state index contributed by atoms with van der Waals surface area (Å²) in [5.41, 5.74) is 3.12. The first-order valence-corrected chi connectivity index (χ1v) is 9.62. The molecule has 0 saturated carbocycles. The Balaban J connectivity index is 1.69. The Bertz CT molecular complexity index is 967. The molecule has 3 rings (SSSR count). The van der Waals surface area contributed by atoms with E-state index in [0.717, 1.165) is 52.6 Å². The first-order valence-electron chi connectivity index (χ1n) is 9.62. The van der Waals surface area contributed by atoms with Crippen LogP contribution in [0.15, 0.2) is 24.3 Å². The average Bonchev–Trinajstić information content (AvgIpc) is 3.06. The predicted molar refractivity (Wildman–Crippen MR) is 111 cm³/mol. The Morgan fingerprint density at radius 1 is 1.29 bits per heavy atom. The normalized spacial score (nSPS) is 11.5. The van der Waals surface area contributed by atoms with Crippen molar-refractivity contribution in [1.82, 2.24) is 20.3 Å². The third-order valence-electron chi connectivity index (χ3n) is 4.67. The van der Waals surface area contributed by atoms with Crippen LogP contribution in [0.1, 0.15) is 35.9 Å². The molecule has 0 atom stereocenters. The van der Waals surface area contributed by atoms with Crippen LogP contribution in [-0.4, -0.2) is 54.8 Å². The van der Waals surface area contributed by atoms with Crippen molar-refractivity contribution in [2.45, 2.75) is 26.7 Å². The number of nitrogens with zero attached hydrogens (tertiary/aromatic N) is 2. The average molecular weight is 384 g/mol. The van der Waals surface area contributed by atoms with Crippen molar-refractivity contribution in [1.29, 1.82) is 0 Å². The van der Waals surface area contributed by atoms with Gasteiger partial charge >= 0.3 is 0 Å². The van der Waals surface area contributed by atoms with E-state index >= 15 is 0 Å². The van der Waals surface area contributed by atoms with Gasteiger partial charge in [-0.15, -0.1) is 0 Å². The molecule has 0 radical (unpaired) electrons. The van der Waals surface area contributed by atoms with Gasteiger partial charge in [-0.25, -0.2) is 4.98 Å². The van der Waals surface area contributed by atoms with E-state index in [4.69, 9.17) is 9.57 Å². The number of rotatable bonds is 9. The first kappa shape index (κ1) is 20.1. The number of aromatic nitrogens is 2.